The topological polar surface area (TPSA) is 55.2 Å². The van der Waals surface area contributed by atoms with Crippen LogP contribution in [0.4, 0.5) is 0 Å². The normalized spacial score (nSPS) is 16.7. The number of hydrogen-bond donors (Lipinski definition) is 0. The van der Waals surface area contributed by atoms with Crippen LogP contribution in [0.15, 0.2) is 35.4 Å². The first-order valence-corrected chi connectivity index (χ1v) is 8.34. The standard InChI is InChI=1S/C18H23N3O2/c1-13(2)16(18(23)20-10-6-3-7-11-20)21-12-19-15-9-5-4-8-14(15)17(21)22/h4-5,8-9,12-13,16H,3,6-7,10-11H2,1-2H3. The van der Waals surface area contributed by atoms with Gasteiger partial charge in [0.15, 0.2) is 0 Å². The summed E-state index contributed by atoms with van der Waals surface area (Å²) in [5, 5.41) is 0.562. The molecule has 0 N–H and O–H groups in total. The number of nitrogens with zero attached hydrogens (tertiary/aromatic N) is 3. The van der Waals surface area contributed by atoms with E-state index in [1.807, 2.05) is 36.9 Å². The van der Waals surface area contributed by atoms with Gasteiger partial charge in [-0.05, 0) is 37.3 Å². The highest BCUT2D eigenvalue weighted by Gasteiger charge is 2.30. The van der Waals surface area contributed by atoms with E-state index in [2.05, 4.69) is 4.98 Å². The Balaban J connectivity index is 2.03. The SMILES string of the molecule is CC(C)C(C(=O)N1CCCCC1)n1cnc2ccccc2c1=O. The quantitative estimate of drug-likeness (QED) is 0.875. The maximum absolute atomic E-state index is 13.0. The van der Waals surface area contributed by atoms with Gasteiger partial charge in [-0.1, -0.05) is 26.0 Å². The van der Waals surface area contributed by atoms with Crippen LogP contribution in [0.5, 0.6) is 0 Å². The second kappa shape index (κ2) is 6.52. The number of para-hydroxylation sites is 1. The number of amides is 1. The summed E-state index contributed by atoms with van der Waals surface area (Å²) >= 11 is 0. The smallest absolute Gasteiger partial charge is 0.261 e. The molecule has 23 heavy (non-hydrogen) atoms. The predicted octanol–water partition coefficient (Wildman–Crippen LogP) is 2.61. The summed E-state index contributed by atoms with van der Waals surface area (Å²) in [6, 6.07) is 6.78. The van der Waals surface area contributed by atoms with E-state index < -0.39 is 6.04 Å². The second-order valence-corrected chi connectivity index (χ2v) is 6.55. The van der Waals surface area contributed by atoms with Crippen LogP contribution in [0.3, 0.4) is 0 Å². The first-order valence-electron chi connectivity index (χ1n) is 8.34. The van der Waals surface area contributed by atoms with E-state index in [0.717, 1.165) is 25.9 Å². The van der Waals surface area contributed by atoms with Gasteiger partial charge in [0.2, 0.25) is 5.91 Å². The Bertz CT molecular complexity index is 760. The summed E-state index contributed by atoms with van der Waals surface area (Å²) in [5.74, 6) is 0.0731. The number of benzene rings is 1. The van der Waals surface area contributed by atoms with E-state index in [1.165, 1.54) is 17.3 Å². The van der Waals surface area contributed by atoms with Crippen molar-refractivity contribution in [3.63, 3.8) is 0 Å². The minimum atomic E-state index is -0.488. The van der Waals surface area contributed by atoms with E-state index in [9.17, 15) is 9.59 Å². The molecule has 0 spiro atoms. The van der Waals surface area contributed by atoms with E-state index in [1.54, 1.807) is 6.07 Å². The van der Waals surface area contributed by atoms with Gasteiger partial charge in [0.1, 0.15) is 6.04 Å². The molecular formula is C18H23N3O2. The summed E-state index contributed by atoms with van der Waals surface area (Å²) in [4.78, 5) is 32.0. The molecule has 1 aromatic carbocycles. The zero-order valence-corrected chi connectivity index (χ0v) is 13.7. The Kier molecular flexibility index (Phi) is 4.46. The molecule has 5 nitrogen and oxygen atoms in total. The maximum Gasteiger partial charge on any atom is 0.261 e. The van der Waals surface area contributed by atoms with Gasteiger partial charge in [0.05, 0.1) is 17.2 Å². The molecule has 3 rings (SSSR count). The lowest BCUT2D eigenvalue weighted by Gasteiger charge is -2.32. The fourth-order valence-corrected chi connectivity index (χ4v) is 3.31. The van der Waals surface area contributed by atoms with Crippen molar-refractivity contribution >= 4 is 16.8 Å². The molecule has 2 heterocycles. The third kappa shape index (κ3) is 3.00. The van der Waals surface area contributed by atoms with Crippen LogP contribution in [-0.4, -0.2) is 33.4 Å². The van der Waals surface area contributed by atoms with Gasteiger partial charge in [-0.3, -0.25) is 14.2 Å². The maximum atomic E-state index is 13.0. The lowest BCUT2D eigenvalue weighted by molar-refractivity contribution is -0.137. The second-order valence-electron chi connectivity index (χ2n) is 6.55. The van der Waals surface area contributed by atoms with Gasteiger partial charge in [-0.2, -0.15) is 0 Å². The highest BCUT2D eigenvalue weighted by atomic mass is 16.2. The van der Waals surface area contributed by atoms with Gasteiger partial charge in [0.25, 0.3) is 5.56 Å². The molecule has 1 atom stereocenters. The van der Waals surface area contributed by atoms with Gasteiger partial charge in [-0.25, -0.2) is 4.98 Å². The number of likely N-dealkylation sites (tertiary alicyclic amines) is 1. The molecule has 1 aliphatic heterocycles. The minimum Gasteiger partial charge on any atom is -0.341 e. The van der Waals surface area contributed by atoms with Crippen LogP contribution >= 0.6 is 0 Å². The highest BCUT2D eigenvalue weighted by molar-refractivity contribution is 5.82. The van der Waals surface area contributed by atoms with Crippen molar-refractivity contribution in [1.29, 1.82) is 0 Å². The van der Waals surface area contributed by atoms with Gasteiger partial charge < -0.3 is 4.90 Å². The molecule has 5 heteroatoms. The summed E-state index contributed by atoms with van der Waals surface area (Å²) in [7, 11) is 0. The molecule has 0 radical (unpaired) electrons. The Morgan fingerprint density at radius 1 is 1.13 bits per heavy atom. The summed E-state index contributed by atoms with van der Waals surface area (Å²) in [5.41, 5.74) is 0.529. The molecule has 122 valence electrons. The number of rotatable bonds is 3. The number of carbonyl (C=O) groups is 1. The molecule has 0 bridgehead atoms. The number of hydrogen-bond acceptors (Lipinski definition) is 3. The number of aromatic nitrogens is 2. The molecule has 1 saturated heterocycles. The van der Waals surface area contributed by atoms with Crippen molar-refractivity contribution in [2.45, 2.75) is 39.2 Å². The van der Waals surface area contributed by atoms with Gasteiger partial charge in [0, 0.05) is 13.1 Å². The first-order chi connectivity index (χ1) is 11.1. The summed E-state index contributed by atoms with van der Waals surface area (Å²) in [6.45, 7) is 5.54. The highest BCUT2D eigenvalue weighted by Crippen LogP contribution is 2.22. The van der Waals surface area contributed by atoms with Crippen LogP contribution in [0.1, 0.15) is 39.2 Å². The van der Waals surface area contributed by atoms with Crippen molar-refractivity contribution in [1.82, 2.24) is 14.5 Å². The molecular weight excluding hydrogens is 290 g/mol. The molecule has 1 aromatic heterocycles. The molecule has 0 aliphatic carbocycles. The molecule has 2 aromatic rings. The molecule has 1 unspecified atom stereocenters. The van der Waals surface area contributed by atoms with Crippen molar-refractivity contribution in [3.05, 3.63) is 40.9 Å². The third-order valence-corrected chi connectivity index (χ3v) is 4.54. The molecule has 1 amide bonds. The number of carbonyl (C=O) groups excluding carboxylic acids is 1. The van der Waals surface area contributed by atoms with Crippen LogP contribution in [0, 0.1) is 5.92 Å². The van der Waals surface area contributed by atoms with Crippen LogP contribution in [0.25, 0.3) is 10.9 Å². The van der Waals surface area contributed by atoms with Crippen molar-refractivity contribution in [2.24, 2.45) is 5.92 Å². The summed E-state index contributed by atoms with van der Waals surface area (Å²) < 4.78 is 1.52. The van der Waals surface area contributed by atoms with Gasteiger partial charge in [-0.15, -0.1) is 0 Å². The van der Waals surface area contributed by atoms with Crippen LogP contribution < -0.4 is 5.56 Å². The number of piperidine rings is 1. The Labute approximate surface area is 135 Å². The van der Waals surface area contributed by atoms with E-state index in [0.29, 0.717) is 10.9 Å². The van der Waals surface area contributed by atoms with Crippen molar-refractivity contribution < 1.29 is 4.79 Å². The van der Waals surface area contributed by atoms with E-state index in [4.69, 9.17) is 0 Å². The Morgan fingerprint density at radius 3 is 2.52 bits per heavy atom. The molecule has 1 aliphatic rings. The average molecular weight is 313 g/mol. The molecule has 1 fully saturated rings. The number of fused-ring (bicyclic) bond motifs is 1. The largest absolute Gasteiger partial charge is 0.341 e. The van der Waals surface area contributed by atoms with Crippen LogP contribution in [-0.2, 0) is 4.79 Å². The zero-order valence-electron chi connectivity index (χ0n) is 13.7. The van der Waals surface area contributed by atoms with E-state index in [-0.39, 0.29) is 17.4 Å². The average Bonchev–Trinajstić information content (AvgIpc) is 2.58. The molecule has 0 saturated carbocycles. The monoisotopic (exact) mass is 313 g/mol. The van der Waals surface area contributed by atoms with Crippen molar-refractivity contribution in [2.75, 3.05) is 13.1 Å². The minimum absolute atomic E-state index is 0.0325. The fourth-order valence-electron chi connectivity index (χ4n) is 3.31. The summed E-state index contributed by atoms with van der Waals surface area (Å²) in [6.07, 6.45) is 4.79. The van der Waals surface area contributed by atoms with Crippen LogP contribution in [0.2, 0.25) is 0 Å². The van der Waals surface area contributed by atoms with Gasteiger partial charge >= 0.3 is 0 Å². The fraction of sp³-hybridized carbons (Fsp3) is 0.500. The third-order valence-electron chi connectivity index (χ3n) is 4.54. The predicted molar refractivity (Wildman–Crippen MR) is 90.3 cm³/mol. The Morgan fingerprint density at radius 2 is 1.83 bits per heavy atom. The lowest BCUT2D eigenvalue weighted by Crippen LogP contribution is -2.44. The van der Waals surface area contributed by atoms with Crippen molar-refractivity contribution in [3.8, 4) is 0 Å². The van der Waals surface area contributed by atoms with E-state index >= 15 is 0 Å². The Hall–Kier alpha value is -2.17. The first kappa shape index (κ1) is 15.7. The lowest BCUT2D eigenvalue weighted by atomic mass is 10.0. The zero-order chi connectivity index (χ0) is 16.4.